The van der Waals surface area contributed by atoms with Crippen molar-refractivity contribution in [3.8, 4) is 0 Å². The molecule has 0 aliphatic carbocycles. The lowest BCUT2D eigenvalue weighted by atomic mass is 10.1. The number of hydrogen-bond donors (Lipinski definition) is 0. The van der Waals surface area contributed by atoms with E-state index in [0.29, 0.717) is 19.6 Å². The molecule has 3 aliphatic rings. The van der Waals surface area contributed by atoms with E-state index in [-0.39, 0.29) is 11.8 Å². The zero-order chi connectivity index (χ0) is 21.9. The van der Waals surface area contributed by atoms with E-state index in [9.17, 15) is 9.59 Å². The fourth-order valence-corrected chi connectivity index (χ4v) is 5.17. The normalized spacial score (nSPS) is 19.4. The summed E-state index contributed by atoms with van der Waals surface area (Å²) in [5.74, 6) is 0.261. The maximum absolute atomic E-state index is 13.1. The molecule has 32 heavy (non-hydrogen) atoms. The summed E-state index contributed by atoms with van der Waals surface area (Å²) in [6.45, 7) is 7.23. The highest BCUT2D eigenvalue weighted by atomic mass is 16.2. The molecular formula is C26H32N4O2. The van der Waals surface area contributed by atoms with Crippen LogP contribution in [0.1, 0.15) is 34.3 Å². The van der Waals surface area contributed by atoms with Crippen LogP contribution in [0.25, 0.3) is 0 Å². The van der Waals surface area contributed by atoms with Crippen LogP contribution in [0, 0.1) is 0 Å². The summed E-state index contributed by atoms with van der Waals surface area (Å²) in [4.78, 5) is 34.5. The lowest BCUT2D eigenvalue weighted by Crippen LogP contribution is -2.51. The number of para-hydroxylation sites is 1. The van der Waals surface area contributed by atoms with Gasteiger partial charge in [0, 0.05) is 50.5 Å². The third kappa shape index (κ3) is 4.57. The molecule has 6 heteroatoms. The molecule has 2 saturated heterocycles. The van der Waals surface area contributed by atoms with Crippen molar-refractivity contribution in [1.82, 2.24) is 14.7 Å². The number of piperazine rings is 1. The molecule has 2 aromatic carbocycles. The average Bonchev–Trinajstić information content (AvgIpc) is 3.49. The van der Waals surface area contributed by atoms with Crippen LogP contribution in [0.4, 0.5) is 5.69 Å². The number of hydrogen-bond acceptors (Lipinski definition) is 4. The van der Waals surface area contributed by atoms with E-state index < -0.39 is 0 Å². The molecule has 0 saturated carbocycles. The molecule has 0 N–H and O–H groups in total. The van der Waals surface area contributed by atoms with Crippen LogP contribution in [0.5, 0.6) is 0 Å². The molecule has 0 atom stereocenters. The molecule has 0 bridgehead atoms. The van der Waals surface area contributed by atoms with Gasteiger partial charge in [-0.15, -0.1) is 0 Å². The highest BCUT2D eigenvalue weighted by Gasteiger charge is 2.28. The number of amides is 2. The zero-order valence-electron chi connectivity index (χ0n) is 18.7. The predicted octanol–water partition coefficient (Wildman–Crippen LogP) is 2.63. The maximum Gasteiger partial charge on any atom is 0.253 e. The Labute approximate surface area is 190 Å². The van der Waals surface area contributed by atoms with Gasteiger partial charge in [-0.3, -0.25) is 19.4 Å². The fraction of sp³-hybridized carbons (Fsp3) is 0.462. The van der Waals surface area contributed by atoms with E-state index in [2.05, 4.69) is 28.0 Å². The van der Waals surface area contributed by atoms with Crippen LogP contribution in [0.2, 0.25) is 0 Å². The summed E-state index contributed by atoms with van der Waals surface area (Å²) in [5, 5.41) is 0. The van der Waals surface area contributed by atoms with Crippen molar-refractivity contribution in [3.05, 3.63) is 65.2 Å². The second kappa shape index (κ2) is 9.43. The molecule has 2 aromatic rings. The topological polar surface area (TPSA) is 47.1 Å². The van der Waals surface area contributed by atoms with E-state index in [0.717, 1.165) is 56.9 Å². The van der Waals surface area contributed by atoms with Crippen molar-refractivity contribution < 1.29 is 9.59 Å². The van der Waals surface area contributed by atoms with Gasteiger partial charge in [0.25, 0.3) is 5.91 Å². The summed E-state index contributed by atoms with van der Waals surface area (Å²) in [6.07, 6.45) is 3.48. The van der Waals surface area contributed by atoms with E-state index in [4.69, 9.17) is 0 Å². The average molecular weight is 433 g/mol. The molecule has 2 fully saturated rings. The minimum Gasteiger partial charge on any atom is -0.336 e. The predicted molar refractivity (Wildman–Crippen MR) is 126 cm³/mol. The largest absolute Gasteiger partial charge is 0.336 e. The van der Waals surface area contributed by atoms with Crippen molar-refractivity contribution in [2.24, 2.45) is 0 Å². The Hall–Kier alpha value is -2.70. The second-order valence-electron chi connectivity index (χ2n) is 9.18. The number of fused-ring (bicyclic) bond motifs is 1. The first-order valence-corrected chi connectivity index (χ1v) is 11.9. The van der Waals surface area contributed by atoms with Crippen molar-refractivity contribution in [2.45, 2.75) is 25.8 Å². The van der Waals surface area contributed by atoms with E-state index in [1.54, 1.807) is 0 Å². The smallest absolute Gasteiger partial charge is 0.253 e. The van der Waals surface area contributed by atoms with Crippen molar-refractivity contribution in [1.29, 1.82) is 0 Å². The molecule has 0 spiro atoms. The number of carbonyl (C=O) groups excluding carboxylic acids is 2. The summed E-state index contributed by atoms with van der Waals surface area (Å²) in [6, 6.07) is 16.3. The number of carbonyl (C=O) groups is 2. The van der Waals surface area contributed by atoms with Gasteiger partial charge in [-0.25, -0.2) is 0 Å². The van der Waals surface area contributed by atoms with Crippen LogP contribution >= 0.6 is 0 Å². The third-order valence-electron chi connectivity index (χ3n) is 6.99. The van der Waals surface area contributed by atoms with Gasteiger partial charge in [0.2, 0.25) is 5.91 Å². The molecule has 2 amide bonds. The van der Waals surface area contributed by atoms with Crippen LogP contribution in [0.3, 0.4) is 0 Å². The second-order valence-corrected chi connectivity index (χ2v) is 9.18. The van der Waals surface area contributed by atoms with Gasteiger partial charge >= 0.3 is 0 Å². The molecule has 0 radical (unpaired) electrons. The minimum atomic E-state index is 0.104. The molecule has 6 nitrogen and oxygen atoms in total. The summed E-state index contributed by atoms with van der Waals surface area (Å²) in [7, 11) is 0. The van der Waals surface area contributed by atoms with E-state index in [1.807, 2.05) is 40.1 Å². The summed E-state index contributed by atoms with van der Waals surface area (Å²) >= 11 is 0. The van der Waals surface area contributed by atoms with E-state index >= 15 is 0 Å². The van der Waals surface area contributed by atoms with Gasteiger partial charge in [-0.2, -0.15) is 0 Å². The molecule has 3 heterocycles. The lowest BCUT2D eigenvalue weighted by Gasteiger charge is -2.35. The number of rotatable bonds is 5. The first kappa shape index (κ1) is 21.2. The van der Waals surface area contributed by atoms with Gasteiger partial charge in [0.15, 0.2) is 0 Å². The van der Waals surface area contributed by atoms with Gasteiger partial charge in [-0.1, -0.05) is 30.3 Å². The lowest BCUT2D eigenvalue weighted by molar-refractivity contribution is -0.120. The van der Waals surface area contributed by atoms with Crippen LogP contribution in [-0.2, 0) is 17.8 Å². The number of nitrogens with zero attached hydrogens (tertiary/aromatic N) is 4. The minimum absolute atomic E-state index is 0.104. The van der Waals surface area contributed by atoms with Gasteiger partial charge in [-0.05, 0) is 61.7 Å². The van der Waals surface area contributed by atoms with Crippen molar-refractivity contribution >= 4 is 17.5 Å². The number of likely N-dealkylation sites (tertiary alicyclic amines) is 1. The first-order chi connectivity index (χ1) is 15.7. The highest BCUT2D eigenvalue weighted by Crippen LogP contribution is 2.27. The van der Waals surface area contributed by atoms with E-state index in [1.165, 1.54) is 24.0 Å². The molecular weight excluding hydrogens is 400 g/mol. The Bertz CT molecular complexity index is 977. The number of benzene rings is 2. The summed E-state index contributed by atoms with van der Waals surface area (Å²) in [5.41, 5.74) is 4.30. The highest BCUT2D eigenvalue weighted by molar-refractivity contribution is 5.97. The maximum atomic E-state index is 13.1. The van der Waals surface area contributed by atoms with Crippen LogP contribution in [-0.4, -0.2) is 78.9 Å². The Morgan fingerprint density at radius 1 is 0.781 bits per heavy atom. The fourth-order valence-electron chi connectivity index (χ4n) is 5.17. The summed E-state index contributed by atoms with van der Waals surface area (Å²) < 4.78 is 0. The first-order valence-electron chi connectivity index (χ1n) is 11.9. The Kier molecular flexibility index (Phi) is 6.23. The standard InChI is InChI=1S/C26H32N4O2/c31-25(30-13-10-22-7-1-2-9-24(22)30)20-28-14-16-29(17-15-28)26(32)23-8-5-6-21(18-23)19-27-11-3-4-12-27/h1-2,5-9,18H,3-4,10-17,19-20H2. The third-order valence-corrected chi connectivity index (χ3v) is 6.99. The zero-order valence-corrected chi connectivity index (χ0v) is 18.7. The van der Waals surface area contributed by atoms with Crippen molar-refractivity contribution in [2.75, 3.05) is 57.3 Å². The van der Waals surface area contributed by atoms with Gasteiger partial charge in [0.05, 0.1) is 6.54 Å². The molecule has 0 aromatic heterocycles. The quantitative estimate of drug-likeness (QED) is 0.729. The van der Waals surface area contributed by atoms with Crippen LogP contribution < -0.4 is 4.90 Å². The SMILES string of the molecule is O=C(c1cccc(CN2CCCC2)c1)N1CCN(CC(=O)N2CCc3ccccc32)CC1. The number of anilines is 1. The van der Waals surface area contributed by atoms with Gasteiger partial charge < -0.3 is 9.80 Å². The Balaban J connectivity index is 1.14. The molecule has 168 valence electrons. The molecule has 3 aliphatic heterocycles. The van der Waals surface area contributed by atoms with Gasteiger partial charge in [0.1, 0.15) is 0 Å². The monoisotopic (exact) mass is 432 g/mol. The molecule has 5 rings (SSSR count). The Morgan fingerprint density at radius 2 is 1.56 bits per heavy atom. The van der Waals surface area contributed by atoms with Crippen molar-refractivity contribution in [3.63, 3.8) is 0 Å². The van der Waals surface area contributed by atoms with Crippen LogP contribution in [0.15, 0.2) is 48.5 Å². The Morgan fingerprint density at radius 3 is 2.38 bits per heavy atom. The molecule has 0 unspecified atom stereocenters.